The summed E-state index contributed by atoms with van der Waals surface area (Å²) in [4.78, 5) is 2.52. The van der Waals surface area contributed by atoms with Crippen molar-refractivity contribution in [1.29, 1.82) is 0 Å². The third kappa shape index (κ3) is 5.67. The second-order valence-electron chi connectivity index (χ2n) is 23.7. The van der Waals surface area contributed by atoms with Gasteiger partial charge < -0.3 is 4.90 Å². The third-order valence-corrected chi connectivity index (χ3v) is 18.5. The zero-order valence-electron chi connectivity index (χ0n) is 41.4. The second-order valence-corrected chi connectivity index (χ2v) is 23.7. The predicted molar refractivity (Wildman–Crippen MR) is 294 cm³/mol. The smallest absolute Gasteiger partial charge is 0.0540 e. The van der Waals surface area contributed by atoms with E-state index in [1.54, 1.807) is 11.1 Å². The number of hydrogen-bond donors (Lipinski definition) is 0. The fourth-order valence-electron chi connectivity index (χ4n) is 15.2. The molecule has 342 valence electrons. The SMILES string of the molecule is CC(C)(C)c1cc(-c2cccc3cccc(-c4ccccc4N(c4ccc(-c5ccc6c(c5)C5(c7ccccc7-6)C6CC7CC8CC5C786)cc4)c4ccccc4-c4ccccc4)c23)cc(C(C)(C)C)c1. The van der Waals surface area contributed by atoms with Crippen LogP contribution in [0.15, 0.2) is 200 Å². The van der Waals surface area contributed by atoms with Crippen LogP contribution in [0.5, 0.6) is 0 Å². The quantitative estimate of drug-likeness (QED) is 0.154. The van der Waals surface area contributed by atoms with Crippen LogP contribution in [0.1, 0.15) is 83.1 Å². The molecule has 4 atom stereocenters. The van der Waals surface area contributed by atoms with Crippen molar-refractivity contribution in [3.8, 4) is 55.6 Å². The molecule has 0 bridgehead atoms. The van der Waals surface area contributed by atoms with Gasteiger partial charge in [0.2, 0.25) is 0 Å². The van der Waals surface area contributed by atoms with Crippen LogP contribution in [0.25, 0.3) is 66.4 Å². The highest BCUT2D eigenvalue weighted by atomic mass is 15.1. The number of rotatable bonds is 7. The Morgan fingerprint density at radius 2 is 0.929 bits per heavy atom. The highest BCUT2D eigenvalue weighted by Crippen LogP contribution is 2.94. The maximum absolute atomic E-state index is 2.62. The topological polar surface area (TPSA) is 3.24 Å². The normalized spacial score (nSPS) is 23.2. The van der Waals surface area contributed by atoms with Crippen molar-refractivity contribution in [2.24, 2.45) is 29.1 Å². The van der Waals surface area contributed by atoms with Crippen LogP contribution in [0.2, 0.25) is 0 Å². The van der Waals surface area contributed by atoms with E-state index in [1.165, 1.54) is 96.8 Å². The molecule has 4 unspecified atom stereocenters. The molecule has 5 aliphatic carbocycles. The molecule has 0 aromatic heterocycles. The van der Waals surface area contributed by atoms with E-state index in [-0.39, 0.29) is 16.2 Å². The van der Waals surface area contributed by atoms with E-state index in [9.17, 15) is 0 Å². The number of benzene rings is 9. The minimum Gasteiger partial charge on any atom is -0.309 e. The minimum atomic E-state index is 0.00274. The molecule has 4 fully saturated rings. The number of fused-ring (bicyclic) bond motifs is 8. The lowest BCUT2D eigenvalue weighted by atomic mass is 9.11. The molecule has 5 aliphatic rings. The monoisotopic (exact) mass is 903 g/mol. The second kappa shape index (κ2) is 14.8. The maximum Gasteiger partial charge on any atom is 0.0540 e. The summed E-state index contributed by atoms with van der Waals surface area (Å²) in [5.41, 5.74) is 23.1. The van der Waals surface area contributed by atoms with Crippen LogP contribution in [0, 0.1) is 29.1 Å². The Morgan fingerprint density at radius 3 is 1.59 bits per heavy atom. The third-order valence-electron chi connectivity index (χ3n) is 18.5. The molecular formula is C69H61N. The summed E-state index contributed by atoms with van der Waals surface area (Å²) in [7, 11) is 0. The van der Waals surface area contributed by atoms with Gasteiger partial charge in [-0.05, 0) is 167 Å². The van der Waals surface area contributed by atoms with E-state index in [1.807, 2.05) is 0 Å². The summed E-state index contributed by atoms with van der Waals surface area (Å²) >= 11 is 0. The summed E-state index contributed by atoms with van der Waals surface area (Å²) in [5, 5.41) is 2.51. The molecule has 1 nitrogen and oxygen atoms in total. The first kappa shape index (κ1) is 42.0. The molecule has 4 saturated carbocycles. The van der Waals surface area contributed by atoms with Crippen molar-refractivity contribution < 1.29 is 0 Å². The van der Waals surface area contributed by atoms with Gasteiger partial charge in [-0.25, -0.2) is 0 Å². The molecule has 2 spiro atoms. The maximum atomic E-state index is 2.62. The van der Waals surface area contributed by atoms with Gasteiger partial charge in [0.1, 0.15) is 0 Å². The predicted octanol–water partition coefficient (Wildman–Crippen LogP) is 18.5. The number of nitrogens with zero attached hydrogens (tertiary/aromatic N) is 1. The first-order valence-electron chi connectivity index (χ1n) is 26.0. The first-order valence-corrected chi connectivity index (χ1v) is 26.0. The Labute approximate surface area is 414 Å². The molecule has 70 heavy (non-hydrogen) atoms. The van der Waals surface area contributed by atoms with Crippen LogP contribution >= 0.6 is 0 Å². The molecule has 0 saturated heterocycles. The molecule has 9 aromatic rings. The number of anilines is 3. The molecule has 0 amide bonds. The van der Waals surface area contributed by atoms with Gasteiger partial charge in [-0.1, -0.05) is 211 Å². The van der Waals surface area contributed by atoms with Gasteiger partial charge in [0.15, 0.2) is 0 Å². The number of hydrogen-bond acceptors (Lipinski definition) is 1. The lowest BCUT2D eigenvalue weighted by Gasteiger charge is -2.92. The zero-order chi connectivity index (χ0) is 47.3. The summed E-state index contributed by atoms with van der Waals surface area (Å²) in [6, 6.07) is 76.4. The van der Waals surface area contributed by atoms with Crippen molar-refractivity contribution in [2.75, 3.05) is 4.90 Å². The Kier molecular flexibility index (Phi) is 8.86. The Bertz CT molecular complexity index is 3520. The molecule has 0 N–H and O–H groups in total. The lowest BCUT2D eigenvalue weighted by Crippen LogP contribution is -2.88. The van der Waals surface area contributed by atoms with Crippen molar-refractivity contribution >= 4 is 27.8 Å². The summed E-state index contributed by atoms with van der Waals surface area (Å²) in [6.07, 6.45) is 4.34. The van der Waals surface area contributed by atoms with Gasteiger partial charge in [-0.2, -0.15) is 0 Å². The van der Waals surface area contributed by atoms with E-state index in [0.29, 0.717) is 5.41 Å². The molecule has 9 aromatic carbocycles. The molecule has 0 aliphatic heterocycles. The number of para-hydroxylation sites is 2. The van der Waals surface area contributed by atoms with Crippen molar-refractivity contribution in [1.82, 2.24) is 0 Å². The highest BCUT2D eigenvalue weighted by molar-refractivity contribution is 6.09. The van der Waals surface area contributed by atoms with Gasteiger partial charge in [0, 0.05) is 22.2 Å². The standard InChI is InChI=1S/C69H61N/c1-66(2,3)48-36-47(37-49(39-48)67(4,5)6)54-25-16-20-45-21-17-26-58(65(45)54)57-24-12-15-29-62(57)70(61-28-14-11-22-53(61)44-18-8-7-9-19-44)52-33-30-43(31-34-52)46-32-35-56-55-23-10-13-27-59(55)69(60(56)38-46)63-41-50-40-51-42-64(69)68(50,51)63/h7-39,50-51,63-64H,40-42H2,1-6H3. The van der Waals surface area contributed by atoms with Gasteiger partial charge in [0.05, 0.1) is 11.4 Å². The first-order chi connectivity index (χ1) is 34.0. The van der Waals surface area contributed by atoms with E-state index in [2.05, 4.69) is 247 Å². The Morgan fingerprint density at radius 1 is 0.386 bits per heavy atom. The van der Waals surface area contributed by atoms with Crippen LogP contribution in [0.3, 0.4) is 0 Å². The molecule has 1 heteroatoms. The Balaban J connectivity index is 0.923. The van der Waals surface area contributed by atoms with Crippen LogP contribution in [-0.4, -0.2) is 0 Å². The lowest BCUT2D eigenvalue weighted by molar-refractivity contribution is -0.412. The van der Waals surface area contributed by atoms with Crippen molar-refractivity contribution in [2.45, 2.75) is 77.0 Å². The molecule has 0 radical (unpaired) electrons. The molecule has 0 heterocycles. The Hall–Kier alpha value is -6.96. The fraction of sp³-hybridized carbons (Fsp3) is 0.246. The average Bonchev–Trinajstić information content (AvgIpc) is 3.66. The van der Waals surface area contributed by atoms with Crippen molar-refractivity contribution in [3.05, 3.63) is 222 Å². The average molecular weight is 904 g/mol. The van der Waals surface area contributed by atoms with Crippen LogP contribution < -0.4 is 4.90 Å². The molecule has 14 rings (SSSR count). The largest absolute Gasteiger partial charge is 0.309 e. The fourth-order valence-corrected chi connectivity index (χ4v) is 15.2. The van der Waals surface area contributed by atoms with Gasteiger partial charge in [-0.15, -0.1) is 0 Å². The highest BCUT2D eigenvalue weighted by Gasteiger charge is 2.90. The van der Waals surface area contributed by atoms with Crippen molar-refractivity contribution in [3.63, 3.8) is 0 Å². The van der Waals surface area contributed by atoms with E-state index in [4.69, 9.17) is 0 Å². The summed E-state index contributed by atoms with van der Waals surface area (Å²) in [6.45, 7) is 14.0. The van der Waals surface area contributed by atoms with Crippen LogP contribution in [-0.2, 0) is 16.2 Å². The van der Waals surface area contributed by atoms with E-state index >= 15 is 0 Å². The van der Waals surface area contributed by atoms with Gasteiger partial charge in [-0.3, -0.25) is 0 Å². The summed E-state index contributed by atoms with van der Waals surface area (Å²) < 4.78 is 0. The molecular weight excluding hydrogens is 843 g/mol. The van der Waals surface area contributed by atoms with Gasteiger partial charge >= 0.3 is 0 Å². The van der Waals surface area contributed by atoms with E-state index < -0.39 is 0 Å². The van der Waals surface area contributed by atoms with E-state index in [0.717, 1.165) is 40.7 Å². The summed E-state index contributed by atoms with van der Waals surface area (Å²) in [5.74, 6) is 3.61. The van der Waals surface area contributed by atoms with Gasteiger partial charge in [0.25, 0.3) is 0 Å². The minimum absolute atomic E-state index is 0.00274. The van der Waals surface area contributed by atoms with Crippen LogP contribution in [0.4, 0.5) is 17.1 Å². The zero-order valence-corrected chi connectivity index (χ0v) is 41.4.